The van der Waals surface area contributed by atoms with Crippen LogP contribution in [0.3, 0.4) is 0 Å². The monoisotopic (exact) mass is 341 g/mol. The molecule has 0 aliphatic carbocycles. The van der Waals surface area contributed by atoms with Crippen molar-refractivity contribution in [2.75, 3.05) is 26.2 Å². The summed E-state index contributed by atoms with van der Waals surface area (Å²) in [5.74, 6) is 0.0897. The maximum absolute atomic E-state index is 12.8. The van der Waals surface area contributed by atoms with Crippen molar-refractivity contribution < 1.29 is 4.79 Å². The maximum Gasteiger partial charge on any atom is 0.273 e. The van der Waals surface area contributed by atoms with Crippen LogP contribution in [0, 0.1) is 12.3 Å². The predicted octanol–water partition coefficient (Wildman–Crippen LogP) is 3.33. The number of hydrogen-bond donors (Lipinski definition) is 1. The number of piperidine rings is 1. The molecule has 2 aliphatic heterocycles. The van der Waals surface area contributed by atoms with Crippen molar-refractivity contribution in [3.63, 3.8) is 0 Å². The number of aryl methyl sites for hydroxylation is 1. The van der Waals surface area contributed by atoms with Crippen LogP contribution in [-0.2, 0) is 0 Å². The number of likely N-dealkylation sites (tertiary alicyclic amines) is 1. The Morgan fingerprint density at radius 2 is 2.04 bits per heavy atom. The van der Waals surface area contributed by atoms with Crippen molar-refractivity contribution in [3.05, 3.63) is 40.9 Å². The van der Waals surface area contributed by atoms with Crippen molar-refractivity contribution >= 4 is 17.2 Å². The molecule has 126 valence electrons. The molecule has 2 fully saturated rings. The van der Waals surface area contributed by atoms with Gasteiger partial charge < -0.3 is 10.2 Å². The van der Waals surface area contributed by atoms with Crippen LogP contribution >= 0.6 is 11.3 Å². The molecule has 2 aliphatic rings. The predicted molar refractivity (Wildman–Crippen MR) is 97.3 cm³/mol. The summed E-state index contributed by atoms with van der Waals surface area (Å²) in [6.07, 6.45) is 3.48. The average Bonchev–Trinajstić information content (AvgIpc) is 3.26. The summed E-state index contributed by atoms with van der Waals surface area (Å²) >= 11 is 1.56. The van der Waals surface area contributed by atoms with E-state index in [9.17, 15) is 4.79 Å². The molecule has 4 nitrogen and oxygen atoms in total. The lowest BCUT2D eigenvalue weighted by Gasteiger charge is -2.38. The van der Waals surface area contributed by atoms with E-state index in [-0.39, 0.29) is 5.91 Å². The van der Waals surface area contributed by atoms with E-state index >= 15 is 0 Å². The Balaban J connectivity index is 1.47. The maximum atomic E-state index is 12.8. The van der Waals surface area contributed by atoms with Gasteiger partial charge in [-0.2, -0.15) is 0 Å². The molecule has 1 aromatic carbocycles. The van der Waals surface area contributed by atoms with Gasteiger partial charge in [0.15, 0.2) is 0 Å². The molecule has 1 amide bonds. The van der Waals surface area contributed by atoms with Crippen LogP contribution in [0.2, 0.25) is 0 Å². The number of hydrogen-bond acceptors (Lipinski definition) is 4. The van der Waals surface area contributed by atoms with Gasteiger partial charge >= 0.3 is 0 Å². The molecule has 0 saturated carbocycles. The summed E-state index contributed by atoms with van der Waals surface area (Å²) in [5.41, 5.74) is 3.35. The molecule has 0 bridgehead atoms. The molecule has 0 radical (unpaired) electrons. The van der Waals surface area contributed by atoms with Crippen LogP contribution in [0.1, 0.15) is 35.3 Å². The summed E-state index contributed by atoms with van der Waals surface area (Å²) in [5, 5.41) is 6.31. The number of nitrogens with one attached hydrogen (secondary N) is 1. The number of carbonyl (C=O) groups excluding carboxylic acids is 1. The third-order valence-corrected chi connectivity index (χ3v) is 6.42. The van der Waals surface area contributed by atoms with Gasteiger partial charge in [0.2, 0.25) is 0 Å². The second kappa shape index (κ2) is 6.30. The quantitative estimate of drug-likeness (QED) is 0.911. The third-order valence-electron chi connectivity index (χ3n) is 5.54. The van der Waals surface area contributed by atoms with Crippen molar-refractivity contribution in [1.29, 1.82) is 0 Å². The number of amides is 1. The van der Waals surface area contributed by atoms with Gasteiger partial charge in [0.1, 0.15) is 10.7 Å². The van der Waals surface area contributed by atoms with E-state index < -0.39 is 0 Å². The molecule has 4 rings (SSSR count). The van der Waals surface area contributed by atoms with Gasteiger partial charge in [-0.3, -0.25) is 4.79 Å². The number of aromatic nitrogens is 1. The summed E-state index contributed by atoms with van der Waals surface area (Å²) in [4.78, 5) is 19.4. The van der Waals surface area contributed by atoms with E-state index in [1.807, 2.05) is 22.4 Å². The van der Waals surface area contributed by atoms with Gasteiger partial charge in [-0.05, 0) is 43.7 Å². The fourth-order valence-electron chi connectivity index (χ4n) is 3.88. The fraction of sp³-hybridized carbons (Fsp3) is 0.474. The zero-order valence-electron chi connectivity index (χ0n) is 14.0. The molecular weight excluding hydrogens is 318 g/mol. The largest absolute Gasteiger partial charge is 0.337 e. The molecule has 0 unspecified atom stereocenters. The SMILES string of the molecule is Cc1ccccc1-c1nc(C(=O)N2CCC3(CCNC3)CC2)cs1. The van der Waals surface area contributed by atoms with E-state index in [4.69, 9.17) is 0 Å². The minimum absolute atomic E-state index is 0.0897. The Labute approximate surface area is 146 Å². The van der Waals surface area contributed by atoms with E-state index in [1.165, 1.54) is 12.0 Å². The zero-order chi connectivity index (χ0) is 16.6. The molecule has 2 aromatic rings. The summed E-state index contributed by atoms with van der Waals surface area (Å²) in [6, 6.07) is 8.20. The minimum Gasteiger partial charge on any atom is -0.337 e. The van der Waals surface area contributed by atoms with Gasteiger partial charge in [-0.1, -0.05) is 24.3 Å². The third kappa shape index (κ3) is 2.87. The fourth-order valence-corrected chi connectivity index (χ4v) is 4.76. The lowest BCUT2D eigenvalue weighted by Crippen LogP contribution is -2.44. The van der Waals surface area contributed by atoms with E-state index in [2.05, 4.69) is 29.4 Å². The molecule has 1 N–H and O–H groups in total. The number of rotatable bonds is 2. The standard InChI is InChI=1S/C19H23N3OS/c1-14-4-2-3-5-15(14)17-21-16(12-24-17)18(23)22-10-7-19(8-11-22)6-9-20-13-19/h2-5,12,20H,6-11,13H2,1H3. The first-order chi connectivity index (χ1) is 11.7. The number of carbonyl (C=O) groups is 1. The molecule has 1 aromatic heterocycles. The Morgan fingerprint density at radius 1 is 1.25 bits per heavy atom. The highest BCUT2D eigenvalue weighted by Crippen LogP contribution is 2.37. The zero-order valence-corrected chi connectivity index (χ0v) is 14.9. The molecule has 5 heteroatoms. The Bertz CT molecular complexity index is 739. The van der Waals surface area contributed by atoms with Crippen LogP contribution in [0.5, 0.6) is 0 Å². The van der Waals surface area contributed by atoms with Crippen molar-refractivity contribution in [1.82, 2.24) is 15.2 Å². The molecule has 0 atom stereocenters. The van der Waals surface area contributed by atoms with E-state index in [0.29, 0.717) is 11.1 Å². The molecule has 24 heavy (non-hydrogen) atoms. The highest BCUT2D eigenvalue weighted by Gasteiger charge is 2.38. The van der Waals surface area contributed by atoms with Crippen molar-refractivity contribution in [2.45, 2.75) is 26.2 Å². The van der Waals surface area contributed by atoms with Crippen LogP contribution in [0.25, 0.3) is 10.6 Å². The summed E-state index contributed by atoms with van der Waals surface area (Å²) in [7, 11) is 0. The van der Waals surface area contributed by atoms with Crippen molar-refractivity contribution in [3.8, 4) is 10.6 Å². The Kier molecular flexibility index (Phi) is 4.14. The summed E-state index contributed by atoms with van der Waals surface area (Å²) in [6.45, 7) is 6.04. The highest BCUT2D eigenvalue weighted by molar-refractivity contribution is 7.13. The molecule has 3 heterocycles. The van der Waals surface area contributed by atoms with Crippen LogP contribution in [-0.4, -0.2) is 42.0 Å². The first kappa shape index (κ1) is 15.8. The molecule has 1 spiro atoms. The normalized spacial score (nSPS) is 19.8. The molecule has 2 saturated heterocycles. The summed E-state index contributed by atoms with van der Waals surface area (Å²) < 4.78 is 0. The highest BCUT2D eigenvalue weighted by atomic mass is 32.1. The van der Waals surface area contributed by atoms with Gasteiger partial charge in [-0.25, -0.2) is 4.98 Å². The van der Waals surface area contributed by atoms with Gasteiger partial charge in [0.25, 0.3) is 5.91 Å². The second-order valence-corrected chi connectivity index (χ2v) is 7.93. The first-order valence-corrected chi connectivity index (χ1v) is 9.56. The number of thiazole rings is 1. The number of benzene rings is 1. The van der Waals surface area contributed by atoms with Gasteiger partial charge in [-0.15, -0.1) is 11.3 Å². The minimum atomic E-state index is 0.0897. The van der Waals surface area contributed by atoms with Crippen LogP contribution < -0.4 is 5.32 Å². The topological polar surface area (TPSA) is 45.2 Å². The Morgan fingerprint density at radius 3 is 2.75 bits per heavy atom. The van der Waals surface area contributed by atoms with Crippen molar-refractivity contribution in [2.24, 2.45) is 5.41 Å². The van der Waals surface area contributed by atoms with Crippen LogP contribution in [0.4, 0.5) is 0 Å². The first-order valence-electron chi connectivity index (χ1n) is 8.68. The lowest BCUT2D eigenvalue weighted by atomic mass is 9.78. The smallest absolute Gasteiger partial charge is 0.273 e. The lowest BCUT2D eigenvalue weighted by molar-refractivity contribution is 0.0603. The van der Waals surface area contributed by atoms with Gasteiger partial charge in [0.05, 0.1) is 0 Å². The number of nitrogens with zero attached hydrogens (tertiary/aromatic N) is 2. The second-order valence-electron chi connectivity index (χ2n) is 7.07. The Hall–Kier alpha value is -1.72. The van der Waals surface area contributed by atoms with E-state index in [1.54, 1.807) is 11.3 Å². The van der Waals surface area contributed by atoms with Gasteiger partial charge in [0, 0.05) is 30.6 Å². The van der Waals surface area contributed by atoms with E-state index in [0.717, 1.165) is 49.6 Å². The molecular formula is C19H23N3OS. The average molecular weight is 341 g/mol. The van der Waals surface area contributed by atoms with Crippen LogP contribution in [0.15, 0.2) is 29.6 Å².